The summed E-state index contributed by atoms with van der Waals surface area (Å²) in [6, 6.07) is 7.16. The quantitative estimate of drug-likeness (QED) is 0.654. The van der Waals surface area contributed by atoms with E-state index in [1.54, 1.807) is 18.4 Å². The van der Waals surface area contributed by atoms with Crippen LogP contribution in [0.3, 0.4) is 0 Å². The number of rotatable bonds is 1. The lowest BCUT2D eigenvalue weighted by Crippen LogP contribution is -2.05. The SMILES string of the molecule is CSC(=O)Nc1ccccc1N. The fourth-order valence-corrected chi connectivity index (χ4v) is 0.984. The summed E-state index contributed by atoms with van der Waals surface area (Å²) in [7, 11) is 0. The van der Waals surface area contributed by atoms with Crippen LogP contribution < -0.4 is 11.1 Å². The molecule has 0 radical (unpaired) electrons. The maximum Gasteiger partial charge on any atom is 0.283 e. The third-order valence-electron chi connectivity index (χ3n) is 1.38. The number of thioether (sulfide) groups is 1. The van der Waals surface area contributed by atoms with Crippen LogP contribution in [0.4, 0.5) is 16.2 Å². The Hall–Kier alpha value is -1.16. The monoisotopic (exact) mass is 182 g/mol. The summed E-state index contributed by atoms with van der Waals surface area (Å²) in [6.07, 6.45) is 1.72. The topological polar surface area (TPSA) is 55.1 Å². The molecule has 1 aromatic carbocycles. The minimum absolute atomic E-state index is 0.104. The molecule has 0 atom stereocenters. The zero-order valence-corrected chi connectivity index (χ0v) is 7.52. The highest BCUT2D eigenvalue weighted by Gasteiger charge is 2.00. The van der Waals surface area contributed by atoms with Gasteiger partial charge in [-0.05, 0) is 18.4 Å². The first-order valence-electron chi connectivity index (χ1n) is 3.43. The van der Waals surface area contributed by atoms with Crippen LogP contribution >= 0.6 is 11.8 Å². The van der Waals surface area contributed by atoms with Crippen molar-refractivity contribution in [2.24, 2.45) is 0 Å². The fraction of sp³-hybridized carbons (Fsp3) is 0.125. The molecule has 1 rings (SSSR count). The summed E-state index contributed by atoms with van der Waals surface area (Å²) in [6.45, 7) is 0. The highest BCUT2D eigenvalue weighted by molar-refractivity contribution is 8.13. The minimum atomic E-state index is -0.104. The number of para-hydroxylation sites is 2. The Labute approximate surface area is 75.3 Å². The molecule has 12 heavy (non-hydrogen) atoms. The van der Waals surface area contributed by atoms with Gasteiger partial charge in [0.15, 0.2) is 0 Å². The lowest BCUT2D eigenvalue weighted by atomic mass is 10.3. The van der Waals surface area contributed by atoms with E-state index in [0.717, 1.165) is 11.8 Å². The van der Waals surface area contributed by atoms with Gasteiger partial charge in [0, 0.05) is 0 Å². The molecule has 0 aliphatic heterocycles. The van der Waals surface area contributed by atoms with Gasteiger partial charge in [-0.3, -0.25) is 4.79 Å². The third kappa shape index (κ3) is 2.17. The predicted octanol–water partition coefficient (Wildman–Crippen LogP) is 2.16. The van der Waals surface area contributed by atoms with E-state index < -0.39 is 0 Å². The van der Waals surface area contributed by atoms with E-state index in [-0.39, 0.29) is 5.24 Å². The summed E-state index contributed by atoms with van der Waals surface area (Å²) in [5.74, 6) is 0. The van der Waals surface area contributed by atoms with Crippen molar-refractivity contribution < 1.29 is 4.79 Å². The van der Waals surface area contributed by atoms with E-state index in [9.17, 15) is 4.79 Å². The zero-order valence-electron chi connectivity index (χ0n) is 6.70. The van der Waals surface area contributed by atoms with Gasteiger partial charge in [0.25, 0.3) is 5.24 Å². The van der Waals surface area contributed by atoms with Crippen LogP contribution in [0.2, 0.25) is 0 Å². The van der Waals surface area contributed by atoms with Crippen LogP contribution in [0.15, 0.2) is 24.3 Å². The van der Waals surface area contributed by atoms with Crippen molar-refractivity contribution in [3.8, 4) is 0 Å². The first-order valence-corrected chi connectivity index (χ1v) is 4.66. The maximum atomic E-state index is 10.9. The van der Waals surface area contributed by atoms with E-state index in [0.29, 0.717) is 11.4 Å². The van der Waals surface area contributed by atoms with E-state index in [4.69, 9.17) is 5.73 Å². The number of carbonyl (C=O) groups is 1. The van der Waals surface area contributed by atoms with E-state index >= 15 is 0 Å². The second kappa shape index (κ2) is 4.01. The zero-order chi connectivity index (χ0) is 8.97. The number of nitrogens with one attached hydrogen (secondary N) is 1. The number of carbonyl (C=O) groups excluding carboxylic acids is 1. The normalized spacial score (nSPS) is 9.42. The first kappa shape index (κ1) is 8.93. The molecule has 0 fully saturated rings. The van der Waals surface area contributed by atoms with E-state index in [1.807, 2.05) is 12.1 Å². The van der Waals surface area contributed by atoms with Gasteiger partial charge in [-0.25, -0.2) is 0 Å². The van der Waals surface area contributed by atoms with Gasteiger partial charge in [-0.1, -0.05) is 23.9 Å². The van der Waals surface area contributed by atoms with Crippen molar-refractivity contribution in [2.45, 2.75) is 0 Å². The van der Waals surface area contributed by atoms with Crippen LogP contribution in [0.1, 0.15) is 0 Å². The molecular formula is C8H10N2OS. The Morgan fingerprint density at radius 2 is 2.17 bits per heavy atom. The Morgan fingerprint density at radius 3 is 2.75 bits per heavy atom. The minimum Gasteiger partial charge on any atom is -0.397 e. The molecular weight excluding hydrogens is 172 g/mol. The van der Waals surface area contributed by atoms with Gasteiger partial charge in [-0.2, -0.15) is 0 Å². The van der Waals surface area contributed by atoms with E-state index in [1.165, 1.54) is 0 Å². The molecule has 0 unspecified atom stereocenters. The number of hydrogen-bond acceptors (Lipinski definition) is 3. The Balaban J connectivity index is 2.75. The lowest BCUT2D eigenvalue weighted by Gasteiger charge is -2.04. The average molecular weight is 182 g/mol. The van der Waals surface area contributed by atoms with Gasteiger partial charge in [-0.15, -0.1) is 0 Å². The molecule has 1 amide bonds. The van der Waals surface area contributed by atoms with Crippen LogP contribution in [-0.2, 0) is 0 Å². The summed E-state index contributed by atoms with van der Waals surface area (Å²) in [5, 5.41) is 2.56. The molecule has 0 saturated carbocycles. The largest absolute Gasteiger partial charge is 0.397 e. The highest BCUT2D eigenvalue weighted by atomic mass is 32.2. The van der Waals surface area contributed by atoms with Gasteiger partial charge in [0.05, 0.1) is 11.4 Å². The average Bonchev–Trinajstić information content (AvgIpc) is 2.09. The molecule has 0 aliphatic carbocycles. The molecule has 0 heterocycles. The molecule has 4 heteroatoms. The van der Waals surface area contributed by atoms with Gasteiger partial charge in [0.2, 0.25) is 0 Å². The number of anilines is 2. The van der Waals surface area contributed by atoms with Crippen molar-refractivity contribution in [1.29, 1.82) is 0 Å². The summed E-state index contributed by atoms with van der Waals surface area (Å²) >= 11 is 1.12. The first-order chi connectivity index (χ1) is 5.74. The van der Waals surface area contributed by atoms with Gasteiger partial charge >= 0.3 is 0 Å². The van der Waals surface area contributed by atoms with Crippen LogP contribution in [-0.4, -0.2) is 11.5 Å². The number of benzene rings is 1. The van der Waals surface area contributed by atoms with Crippen LogP contribution in [0, 0.1) is 0 Å². The standard InChI is InChI=1S/C8H10N2OS/c1-12-8(11)10-7-5-3-2-4-6(7)9/h2-5H,9H2,1H3,(H,10,11). The molecule has 64 valence electrons. The predicted molar refractivity (Wildman–Crippen MR) is 53.4 cm³/mol. The number of nitrogen functional groups attached to an aromatic ring is 1. The number of nitrogens with two attached hydrogens (primary N) is 1. The fourth-order valence-electron chi connectivity index (χ4n) is 0.772. The van der Waals surface area contributed by atoms with E-state index in [2.05, 4.69) is 5.32 Å². The molecule has 3 N–H and O–H groups in total. The molecule has 0 saturated heterocycles. The van der Waals surface area contributed by atoms with Gasteiger partial charge in [0.1, 0.15) is 0 Å². The molecule has 3 nitrogen and oxygen atoms in total. The van der Waals surface area contributed by atoms with Crippen LogP contribution in [0.25, 0.3) is 0 Å². The molecule has 1 aromatic rings. The third-order valence-corrected chi connectivity index (χ3v) is 1.86. The van der Waals surface area contributed by atoms with Crippen molar-refractivity contribution >= 4 is 28.4 Å². The van der Waals surface area contributed by atoms with Crippen LogP contribution in [0.5, 0.6) is 0 Å². The van der Waals surface area contributed by atoms with Gasteiger partial charge < -0.3 is 11.1 Å². The second-order valence-electron chi connectivity index (χ2n) is 2.20. The summed E-state index contributed by atoms with van der Waals surface area (Å²) in [4.78, 5) is 10.9. The Morgan fingerprint density at radius 1 is 1.50 bits per heavy atom. The summed E-state index contributed by atoms with van der Waals surface area (Å²) < 4.78 is 0. The molecule has 0 aliphatic rings. The van der Waals surface area contributed by atoms with Crippen molar-refractivity contribution in [3.63, 3.8) is 0 Å². The van der Waals surface area contributed by atoms with Crippen molar-refractivity contribution in [1.82, 2.24) is 0 Å². The lowest BCUT2D eigenvalue weighted by molar-refractivity contribution is 0.270. The summed E-state index contributed by atoms with van der Waals surface area (Å²) in [5.41, 5.74) is 6.85. The second-order valence-corrected chi connectivity index (χ2v) is 2.98. The smallest absolute Gasteiger partial charge is 0.283 e. The molecule has 0 spiro atoms. The molecule has 0 aromatic heterocycles. The number of hydrogen-bond donors (Lipinski definition) is 2. The molecule has 0 bridgehead atoms. The van der Waals surface area contributed by atoms with Crippen molar-refractivity contribution in [3.05, 3.63) is 24.3 Å². The Kier molecular flexibility index (Phi) is 2.99. The highest BCUT2D eigenvalue weighted by Crippen LogP contribution is 2.17. The van der Waals surface area contributed by atoms with Crippen molar-refractivity contribution in [2.75, 3.05) is 17.3 Å². The Bertz CT molecular complexity index is 288. The maximum absolute atomic E-state index is 10.9. The number of amides is 1.